The quantitative estimate of drug-likeness (QED) is 0.843. The summed E-state index contributed by atoms with van der Waals surface area (Å²) in [5, 5.41) is 10.5. The molecular formula is C17H34N2O. The Kier molecular flexibility index (Phi) is 5.14. The first-order valence-electron chi connectivity index (χ1n) is 8.37. The molecule has 118 valence electrons. The smallest absolute Gasteiger partial charge is 0.0695 e. The Morgan fingerprint density at radius 3 is 2.45 bits per heavy atom. The first kappa shape index (κ1) is 16.3. The molecule has 4 unspecified atom stereocenters. The zero-order valence-electron chi connectivity index (χ0n) is 14.1. The standard InChI is InChI=1S/C17H34N2O/c1-17(2,3)13-8-9-16(20)15(11-13)19(5)14-7-6-10-18(4)12-14/h13-16,20H,6-12H2,1-5H3. The summed E-state index contributed by atoms with van der Waals surface area (Å²) in [7, 11) is 4.46. The third-order valence-electron chi connectivity index (χ3n) is 5.70. The molecule has 1 aliphatic carbocycles. The fourth-order valence-electron chi connectivity index (χ4n) is 4.10. The summed E-state index contributed by atoms with van der Waals surface area (Å²) in [6.45, 7) is 9.42. The van der Waals surface area contributed by atoms with Crippen LogP contribution >= 0.6 is 0 Å². The second-order valence-corrected chi connectivity index (χ2v) is 8.23. The van der Waals surface area contributed by atoms with Gasteiger partial charge < -0.3 is 10.0 Å². The van der Waals surface area contributed by atoms with E-state index in [0.717, 1.165) is 25.3 Å². The predicted octanol–water partition coefficient (Wildman–Crippen LogP) is 2.59. The van der Waals surface area contributed by atoms with Crippen LogP contribution in [-0.2, 0) is 0 Å². The Morgan fingerprint density at radius 1 is 1.15 bits per heavy atom. The summed E-state index contributed by atoms with van der Waals surface area (Å²) in [5.74, 6) is 0.736. The van der Waals surface area contributed by atoms with Crippen LogP contribution in [0.5, 0.6) is 0 Å². The van der Waals surface area contributed by atoms with Gasteiger partial charge in [0.15, 0.2) is 0 Å². The molecule has 0 aromatic carbocycles. The topological polar surface area (TPSA) is 26.7 Å². The molecule has 0 aromatic rings. The maximum atomic E-state index is 10.5. The van der Waals surface area contributed by atoms with Gasteiger partial charge in [0.1, 0.15) is 0 Å². The van der Waals surface area contributed by atoms with Crippen molar-refractivity contribution in [1.29, 1.82) is 0 Å². The van der Waals surface area contributed by atoms with Gasteiger partial charge in [0, 0.05) is 18.6 Å². The van der Waals surface area contributed by atoms with E-state index in [2.05, 4.69) is 44.7 Å². The number of hydrogen-bond donors (Lipinski definition) is 1. The average molecular weight is 282 g/mol. The Balaban J connectivity index is 2.01. The van der Waals surface area contributed by atoms with E-state index in [-0.39, 0.29) is 6.10 Å². The normalized spacial score (nSPS) is 37.4. The molecule has 20 heavy (non-hydrogen) atoms. The number of likely N-dealkylation sites (tertiary alicyclic amines) is 1. The Labute approximate surface area is 125 Å². The first-order valence-corrected chi connectivity index (χ1v) is 8.37. The molecule has 1 saturated heterocycles. The van der Waals surface area contributed by atoms with Crippen molar-refractivity contribution in [3.05, 3.63) is 0 Å². The van der Waals surface area contributed by atoms with Gasteiger partial charge in [-0.1, -0.05) is 20.8 Å². The summed E-state index contributed by atoms with van der Waals surface area (Å²) in [4.78, 5) is 4.93. The highest BCUT2D eigenvalue weighted by molar-refractivity contribution is 4.92. The fraction of sp³-hybridized carbons (Fsp3) is 1.00. The molecule has 2 rings (SSSR count). The molecule has 0 radical (unpaired) electrons. The number of likely N-dealkylation sites (N-methyl/N-ethyl adjacent to an activating group) is 2. The highest BCUT2D eigenvalue weighted by Gasteiger charge is 2.39. The van der Waals surface area contributed by atoms with Crippen molar-refractivity contribution in [1.82, 2.24) is 9.80 Å². The zero-order chi connectivity index (χ0) is 14.9. The van der Waals surface area contributed by atoms with E-state index < -0.39 is 0 Å². The van der Waals surface area contributed by atoms with E-state index in [9.17, 15) is 5.11 Å². The summed E-state index contributed by atoms with van der Waals surface area (Å²) in [6.07, 6.45) is 5.74. The molecule has 2 fully saturated rings. The molecule has 0 bridgehead atoms. The molecule has 0 spiro atoms. The number of nitrogens with zero attached hydrogens (tertiary/aromatic N) is 2. The van der Waals surface area contributed by atoms with Crippen LogP contribution in [0, 0.1) is 11.3 Å². The lowest BCUT2D eigenvalue weighted by atomic mass is 9.69. The third kappa shape index (κ3) is 3.75. The van der Waals surface area contributed by atoms with Crippen molar-refractivity contribution >= 4 is 0 Å². The third-order valence-corrected chi connectivity index (χ3v) is 5.70. The van der Waals surface area contributed by atoms with Crippen molar-refractivity contribution in [3.8, 4) is 0 Å². The second-order valence-electron chi connectivity index (χ2n) is 8.23. The number of aliphatic hydroxyl groups is 1. The van der Waals surface area contributed by atoms with Crippen molar-refractivity contribution in [3.63, 3.8) is 0 Å². The monoisotopic (exact) mass is 282 g/mol. The van der Waals surface area contributed by atoms with Gasteiger partial charge >= 0.3 is 0 Å². The molecule has 1 aliphatic heterocycles. The Hall–Kier alpha value is -0.120. The molecule has 3 nitrogen and oxygen atoms in total. The van der Waals surface area contributed by atoms with Crippen LogP contribution < -0.4 is 0 Å². The Bertz CT molecular complexity index is 313. The number of rotatable bonds is 2. The van der Waals surface area contributed by atoms with Gasteiger partial charge in [-0.3, -0.25) is 4.90 Å². The minimum absolute atomic E-state index is 0.133. The van der Waals surface area contributed by atoms with Crippen LogP contribution in [0.3, 0.4) is 0 Å². The van der Waals surface area contributed by atoms with E-state index in [1.807, 2.05) is 0 Å². The molecular weight excluding hydrogens is 248 g/mol. The first-order chi connectivity index (χ1) is 9.29. The molecule has 0 aromatic heterocycles. The van der Waals surface area contributed by atoms with Crippen LogP contribution in [-0.4, -0.2) is 60.3 Å². The summed E-state index contributed by atoms with van der Waals surface area (Å²) >= 11 is 0. The van der Waals surface area contributed by atoms with Crippen molar-refractivity contribution in [2.24, 2.45) is 11.3 Å². The van der Waals surface area contributed by atoms with Crippen LogP contribution in [0.25, 0.3) is 0 Å². The van der Waals surface area contributed by atoms with Gasteiger partial charge in [-0.25, -0.2) is 0 Å². The van der Waals surface area contributed by atoms with Crippen molar-refractivity contribution < 1.29 is 5.11 Å². The highest BCUT2D eigenvalue weighted by Crippen LogP contribution is 2.39. The average Bonchev–Trinajstić information content (AvgIpc) is 2.37. The summed E-state index contributed by atoms with van der Waals surface area (Å²) in [6, 6.07) is 0.969. The molecule has 1 heterocycles. The maximum Gasteiger partial charge on any atom is 0.0695 e. The predicted molar refractivity (Wildman–Crippen MR) is 84.9 cm³/mol. The van der Waals surface area contributed by atoms with Crippen LogP contribution in [0.15, 0.2) is 0 Å². The number of piperidine rings is 1. The van der Waals surface area contributed by atoms with Crippen molar-refractivity contribution in [2.45, 2.75) is 71.1 Å². The van der Waals surface area contributed by atoms with Gasteiger partial charge in [-0.05, 0) is 64.1 Å². The minimum Gasteiger partial charge on any atom is -0.391 e. The molecule has 4 atom stereocenters. The summed E-state index contributed by atoms with van der Waals surface area (Å²) < 4.78 is 0. The van der Waals surface area contributed by atoms with E-state index in [1.165, 1.54) is 25.8 Å². The van der Waals surface area contributed by atoms with E-state index in [0.29, 0.717) is 17.5 Å². The Morgan fingerprint density at radius 2 is 1.85 bits per heavy atom. The highest BCUT2D eigenvalue weighted by atomic mass is 16.3. The molecule has 3 heteroatoms. The molecule has 2 aliphatic rings. The number of hydrogen-bond acceptors (Lipinski definition) is 3. The van der Waals surface area contributed by atoms with Gasteiger partial charge in [0.2, 0.25) is 0 Å². The van der Waals surface area contributed by atoms with Gasteiger partial charge in [0.05, 0.1) is 6.10 Å². The maximum absolute atomic E-state index is 10.5. The van der Waals surface area contributed by atoms with Gasteiger partial charge in [-0.15, -0.1) is 0 Å². The fourth-order valence-corrected chi connectivity index (χ4v) is 4.10. The van der Waals surface area contributed by atoms with Gasteiger partial charge in [-0.2, -0.15) is 0 Å². The van der Waals surface area contributed by atoms with E-state index in [4.69, 9.17) is 0 Å². The molecule has 0 amide bonds. The van der Waals surface area contributed by atoms with Crippen LogP contribution in [0.4, 0.5) is 0 Å². The van der Waals surface area contributed by atoms with E-state index >= 15 is 0 Å². The molecule has 1 N–H and O–H groups in total. The van der Waals surface area contributed by atoms with Crippen LogP contribution in [0.1, 0.15) is 52.9 Å². The number of aliphatic hydroxyl groups excluding tert-OH is 1. The van der Waals surface area contributed by atoms with Crippen molar-refractivity contribution in [2.75, 3.05) is 27.2 Å². The molecule has 1 saturated carbocycles. The summed E-state index contributed by atoms with van der Waals surface area (Å²) in [5.41, 5.74) is 0.364. The zero-order valence-corrected chi connectivity index (χ0v) is 14.1. The lowest BCUT2D eigenvalue weighted by molar-refractivity contribution is -0.0323. The van der Waals surface area contributed by atoms with E-state index in [1.54, 1.807) is 0 Å². The largest absolute Gasteiger partial charge is 0.391 e. The lowest BCUT2D eigenvalue weighted by Crippen LogP contribution is -2.54. The lowest BCUT2D eigenvalue weighted by Gasteiger charge is -2.47. The SMILES string of the molecule is CN1CCCC(N(C)C2CC(C(C)(C)C)CCC2O)C1. The minimum atomic E-state index is -0.133. The van der Waals surface area contributed by atoms with Gasteiger partial charge in [0.25, 0.3) is 0 Å². The second kappa shape index (κ2) is 6.33. The van der Waals surface area contributed by atoms with Crippen LogP contribution in [0.2, 0.25) is 0 Å².